The number of halogens is 1. The van der Waals surface area contributed by atoms with Gasteiger partial charge in [-0.05, 0) is 60.5 Å². The minimum atomic E-state index is -0.684. The number of piperazine rings is 1. The van der Waals surface area contributed by atoms with E-state index in [2.05, 4.69) is 10.2 Å². The van der Waals surface area contributed by atoms with Crippen molar-refractivity contribution in [2.24, 2.45) is 0 Å². The van der Waals surface area contributed by atoms with Crippen LogP contribution in [0.15, 0.2) is 66.7 Å². The SMILES string of the molecule is O=C1CCC(N2Cc3c(OCc4ccc(C(=O)N5CCN(c6ccc(F)cc6)CC5)cc4)cccc3C2=O)C(=O)N1. The monoisotopic (exact) mass is 556 g/mol. The highest BCUT2D eigenvalue weighted by Crippen LogP contribution is 2.34. The number of amides is 4. The Hall–Kier alpha value is -4.73. The Morgan fingerprint density at radius 3 is 2.37 bits per heavy atom. The summed E-state index contributed by atoms with van der Waals surface area (Å²) >= 11 is 0. The van der Waals surface area contributed by atoms with Crippen molar-refractivity contribution in [1.29, 1.82) is 0 Å². The number of anilines is 1. The van der Waals surface area contributed by atoms with Crippen molar-refractivity contribution in [1.82, 2.24) is 15.1 Å². The number of fused-ring (bicyclic) bond motifs is 1. The number of hydrogen-bond acceptors (Lipinski definition) is 6. The molecule has 3 heterocycles. The van der Waals surface area contributed by atoms with Gasteiger partial charge in [0.05, 0.1) is 6.54 Å². The topological polar surface area (TPSA) is 99.3 Å². The quantitative estimate of drug-likeness (QED) is 0.469. The molecule has 0 saturated carbocycles. The van der Waals surface area contributed by atoms with E-state index in [1.54, 1.807) is 42.5 Å². The number of imide groups is 1. The lowest BCUT2D eigenvalue weighted by molar-refractivity contribution is -0.136. The Labute approximate surface area is 236 Å². The Morgan fingerprint density at radius 2 is 1.66 bits per heavy atom. The summed E-state index contributed by atoms with van der Waals surface area (Å²) in [6.45, 7) is 2.98. The van der Waals surface area contributed by atoms with E-state index in [1.165, 1.54) is 17.0 Å². The highest BCUT2D eigenvalue weighted by Gasteiger charge is 2.40. The van der Waals surface area contributed by atoms with E-state index in [0.717, 1.165) is 11.3 Å². The number of piperidine rings is 1. The second-order valence-electron chi connectivity index (χ2n) is 10.4. The lowest BCUT2D eigenvalue weighted by Crippen LogP contribution is -2.52. The molecule has 2 fully saturated rings. The van der Waals surface area contributed by atoms with Crippen LogP contribution in [0.2, 0.25) is 0 Å². The van der Waals surface area contributed by atoms with Crippen LogP contribution in [-0.4, -0.2) is 65.6 Å². The van der Waals surface area contributed by atoms with Gasteiger partial charge >= 0.3 is 0 Å². The van der Waals surface area contributed by atoms with Crippen LogP contribution in [0, 0.1) is 5.82 Å². The van der Waals surface area contributed by atoms with Crippen LogP contribution in [-0.2, 0) is 22.7 Å². The van der Waals surface area contributed by atoms with Crippen LogP contribution in [0.1, 0.15) is 44.7 Å². The first-order chi connectivity index (χ1) is 19.9. The summed E-state index contributed by atoms with van der Waals surface area (Å²) in [7, 11) is 0. The molecule has 0 aliphatic carbocycles. The van der Waals surface area contributed by atoms with Gasteiger partial charge in [-0.25, -0.2) is 4.39 Å². The van der Waals surface area contributed by atoms with E-state index in [0.29, 0.717) is 55.0 Å². The maximum absolute atomic E-state index is 13.2. The Morgan fingerprint density at radius 1 is 0.927 bits per heavy atom. The molecule has 0 spiro atoms. The predicted molar refractivity (Wildman–Crippen MR) is 148 cm³/mol. The van der Waals surface area contributed by atoms with Crippen LogP contribution < -0.4 is 15.0 Å². The summed E-state index contributed by atoms with van der Waals surface area (Å²) < 4.78 is 19.3. The summed E-state index contributed by atoms with van der Waals surface area (Å²) in [5, 5.41) is 2.31. The molecule has 41 heavy (non-hydrogen) atoms. The molecule has 4 amide bonds. The van der Waals surface area contributed by atoms with Crippen molar-refractivity contribution in [3.05, 3.63) is 94.8 Å². The number of nitrogens with zero attached hydrogens (tertiary/aromatic N) is 3. The highest BCUT2D eigenvalue weighted by atomic mass is 19.1. The molecule has 3 aromatic carbocycles. The molecule has 2 saturated heterocycles. The Kier molecular flexibility index (Phi) is 7.13. The molecule has 0 bridgehead atoms. The van der Waals surface area contributed by atoms with E-state index in [-0.39, 0.29) is 43.1 Å². The van der Waals surface area contributed by atoms with Gasteiger partial charge < -0.3 is 19.4 Å². The first-order valence-electron chi connectivity index (χ1n) is 13.7. The number of carbonyl (C=O) groups excluding carboxylic acids is 4. The third-order valence-electron chi connectivity index (χ3n) is 7.89. The van der Waals surface area contributed by atoms with E-state index in [1.807, 2.05) is 17.0 Å². The molecule has 1 atom stereocenters. The molecule has 10 heteroatoms. The Bertz CT molecular complexity index is 1500. The van der Waals surface area contributed by atoms with E-state index < -0.39 is 11.9 Å². The van der Waals surface area contributed by atoms with Gasteiger partial charge in [-0.2, -0.15) is 0 Å². The third-order valence-corrected chi connectivity index (χ3v) is 7.89. The average molecular weight is 557 g/mol. The molecule has 9 nitrogen and oxygen atoms in total. The molecule has 3 aromatic rings. The molecule has 1 N–H and O–H groups in total. The van der Waals surface area contributed by atoms with Crippen molar-refractivity contribution >= 4 is 29.3 Å². The second-order valence-corrected chi connectivity index (χ2v) is 10.4. The van der Waals surface area contributed by atoms with Crippen LogP contribution in [0.3, 0.4) is 0 Å². The van der Waals surface area contributed by atoms with Crippen molar-refractivity contribution < 1.29 is 28.3 Å². The number of hydrogen-bond donors (Lipinski definition) is 1. The van der Waals surface area contributed by atoms with Gasteiger partial charge in [-0.1, -0.05) is 18.2 Å². The van der Waals surface area contributed by atoms with Gasteiger partial charge in [0.15, 0.2) is 0 Å². The summed E-state index contributed by atoms with van der Waals surface area (Å²) in [5.74, 6) is -0.767. The number of benzene rings is 3. The zero-order valence-corrected chi connectivity index (χ0v) is 22.3. The first kappa shape index (κ1) is 26.5. The normalized spacial score (nSPS) is 18.8. The van der Waals surface area contributed by atoms with Crippen LogP contribution in [0.5, 0.6) is 5.75 Å². The number of ether oxygens (including phenoxy) is 1. The summed E-state index contributed by atoms with van der Waals surface area (Å²) in [4.78, 5) is 55.5. The average Bonchev–Trinajstić information content (AvgIpc) is 3.33. The smallest absolute Gasteiger partial charge is 0.255 e. The molecular weight excluding hydrogens is 527 g/mol. The standard InChI is InChI=1S/C31H29FN4O5/c32-22-8-10-23(11-9-22)34-14-16-35(17-15-34)30(39)21-6-4-20(5-7-21)19-41-27-3-1-2-24-25(27)18-36(31(24)40)26-12-13-28(37)33-29(26)38/h1-11,26H,12-19H2,(H,33,37,38). The van der Waals surface area contributed by atoms with Crippen LogP contribution >= 0.6 is 0 Å². The van der Waals surface area contributed by atoms with Gasteiger partial charge in [-0.15, -0.1) is 0 Å². The van der Waals surface area contributed by atoms with Gasteiger partial charge in [0.2, 0.25) is 11.8 Å². The molecular formula is C31H29FN4O5. The van der Waals surface area contributed by atoms with Crippen LogP contribution in [0.4, 0.5) is 10.1 Å². The Balaban J connectivity index is 1.05. The third kappa shape index (κ3) is 5.37. The van der Waals surface area contributed by atoms with Crippen molar-refractivity contribution in [2.75, 3.05) is 31.1 Å². The fraction of sp³-hybridized carbons (Fsp3) is 0.290. The predicted octanol–water partition coefficient (Wildman–Crippen LogP) is 3.13. The van der Waals surface area contributed by atoms with Crippen molar-refractivity contribution in [2.45, 2.75) is 32.0 Å². The van der Waals surface area contributed by atoms with Crippen molar-refractivity contribution in [3.8, 4) is 5.75 Å². The van der Waals surface area contributed by atoms with E-state index >= 15 is 0 Å². The number of nitrogens with one attached hydrogen (secondary N) is 1. The summed E-state index contributed by atoms with van der Waals surface area (Å²) in [6, 6.07) is 18.3. The maximum Gasteiger partial charge on any atom is 0.255 e. The minimum Gasteiger partial charge on any atom is -0.489 e. The fourth-order valence-corrected chi connectivity index (χ4v) is 5.60. The van der Waals surface area contributed by atoms with Gasteiger partial charge in [-0.3, -0.25) is 24.5 Å². The van der Waals surface area contributed by atoms with E-state index in [9.17, 15) is 23.6 Å². The van der Waals surface area contributed by atoms with Crippen molar-refractivity contribution in [3.63, 3.8) is 0 Å². The molecule has 1 unspecified atom stereocenters. The largest absolute Gasteiger partial charge is 0.489 e. The molecule has 0 radical (unpaired) electrons. The molecule has 0 aromatic heterocycles. The van der Waals surface area contributed by atoms with Gasteiger partial charge in [0.25, 0.3) is 11.8 Å². The zero-order chi connectivity index (χ0) is 28.5. The number of rotatable bonds is 6. The van der Waals surface area contributed by atoms with Gasteiger partial charge in [0.1, 0.15) is 24.2 Å². The zero-order valence-electron chi connectivity index (χ0n) is 22.3. The molecule has 3 aliphatic rings. The highest BCUT2D eigenvalue weighted by molar-refractivity contribution is 6.05. The number of carbonyl (C=O) groups is 4. The van der Waals surface area contributed by atoms with E-state index in [4.69, 9.17) is 4.74 Å². The lowest BCUT2D eigenvalue weighted by atomic mass is 10.0. The fourth-order valence-electron chi connectivity index (χ4n) is 5.60. The van der Waals surface area contributed by atoms with Gasteiger partial charge in [0, 0.05) is 55.0 Å². The maximum atomic E-state index is 13.2. The van der Waals surface area contributed by atoms with Crippen LogP contribution in [0.25, 0.3) is 0 Å². The summed E-state index contributed by atoms with van der Waals surface area (Å²) in [5.41, 5.74) is 3.61. The first-order valence-corrected chi connectivity index (χ1v) is 13.7. The molecule has 6 rings (SSSR count). The second kappa shape index (κ2) is 11.0. The molecule has 3 aliphatic heterocycles. The lowest BCUT2D eigenvalue weighted by Gasteiger charge is -2.36. The molecule has 210 valence electrons. The summed E-state index contributed by atoms with van der Waals surface area (Å²) in [6.07, 6.45) is 0.500. The minimum absolute atomic E-state index is 0.0378.